The molecule has 0 saturated heterocycles. The molecule has 1 saturated carbocycles. The van der Waals surface area contributed by atoms with Crippen LogP contribution in [0.25, 0.3) is 0 Å². The first-order valence-corrected chi connectivity index (χ1v) is 6.65. The summed E-state index contributed by atoms with van der Waals surface area (Å²) in [5, 5.41) is 0. The summed E-state index contributed by atoms with van der Waals surface area (Å²) < 4.78 is 5.77. The molecule has 0 aromatic rings. The van der Waals surface area contributed by atoms with E-state index in [0.29, 0.717) is 5.41 Å². The van der Waals surface area contributed by atoms with Gasteiger partial charge in [-0.3, -0.25) is 0 Å². The monoisotopic (exact) mass is 228 g/mol. The van der Waals surface area contributed by atoms with Gasteiger partial charge in [0.1, 0.15) is 0 Å². The van der Waals surface area contributed by atoms with Gasteiger partial charge < -0.3 is 4.74 Å². The Labute approximate surface area is 99.7 Å². The summed E-state index contributed by atoms with van der Waals surface area (Å²) in [6.07, 6.45) is 7.67. The molecule has 0 radical (unpaired) electrons. The van der Waals surface area contributed by atoms with Crippen LogP contribution in [0.4, 0.5) is 0 Å². The third kappa shape index (κ3) is 4.60. The van der Waals surface area contributed by atoms with Crippen LogP contribution in [0.3, 0.4) is 0 Å². The smallest absolute Gasteiger partial charge is 0.0530 e. The predicted octanol–water partition coefficient (Wildman–Crippen LogP) is 3.85. The minimum absolute atomic E-state index is 0.371. The standard InChI is InChI=1S/C13H24OS/c1-12(2)6-9-14-10-13(11-15)7-4-3-5-8-13/h15H,1,3-11H2,2H3. The van der Waals surface area contributed by atoms with Crippen LogP contribution in [0.5, 0.6) is 0 Å². The van der Waals surface area contributed by atoms with E-state index in [4.69, 9.17) is 4.74 Å². The Bertz CT molecular complexity index is 195. The lowest BCUT2D eigenvalue weighted by Gasteiger charge is -2.35. The Morgan fingerprint density at radius 1 is 1.33 bits per heavy atom. The van der Waals surface area contributed by atoms with Crippen molar-refractivity contribution in [1.29, 1.82) is 0 Å². The molecule has 0 heterocycles. The van der Waals surface area contributed by atoms with Gasteiger partial charge in [-0.2, -0.15) is 12.6 Å². The highest BCUT2D eigenvalue weighted by Gasteiger charge is 2.30. The molecule has 1 nitrogen and oxygen atoms in total. The largest absolute Gasteiger partial charge is 0.381 e. The Kier molecular flexibility index (Phi) is 5.77. The summed E-state index contributed by atoms with van der Waals surface area (Å²) in [5.41, 5.74) is 1.58. The Hall–Kier alpha value is 0.0500. The molecule has 1 aliphatic carbocycles. The predicted molar refractivity (Wildman–Crippen MR) is 69.6 cm³/mol. The summed E-state index contributed by atoms with van der Waals surface area (Å²) in [7, 11) is 0. The molecule has 1 aliphatic rings. The van der Waals surface area contributed by atoms with Gasteiger partial charge in [0.2, 0.25) is 0 Å². The van der Waals surface area contributed by atoms with Crippen molar-refractivity contribution in [2.75, 3.05) is 19.0 Å². The number of hydrogen-bond acceptors (Lipinski definition) is 2. The van der Waals surface area contributed by atoms with Crippen LogP contribution in [-0.2, 0) is 4.74 Å². The third-order valence-electron chi connectivity index (χ3n) is 3.33. The third-order valence-corrected chi connectivity index (χ3v) is 4.00. The maximum atomic E-state index is 5.77. The molecule has 0 amide bonds. The van der Waals surface area contributed by atoms with E-state index in [2.05, 4.69) is 26.1 Å². The van der Waals surface area contributed by atoms with Gasteiger partial charge in [-0.05, 0) is 31.9 Å². The zero-order valence-corrected chi connectivity index (χ0v) is 10.8. The van der Waals surface area contributed by atoms with E-state index in [9.17, 15) is 0 Å². The van der Waals surface area contributed by atoms with Crippen molar-refractivity contribution in [3.63, 3.8) is 0 Å². The summed E-state index contributed by atoms with van der Waals surface area (Å²) in [5.74, 6) is 0.972. The Morgan fingerprint density at radius 3 is 2.53 bits per heavy atom. The summed E-state index contributed by atoms with van der Waals surface area (Å²) in [4.78, 5) is 0. The maximum absolute atomic E-state index is 5.77. The zero-order chi connectivity index (χ0) is 11.1. The molecule has 0 N–H and O–H groups in total. The Balaban J connectivity index is 2.23. The second-order valence-electron chi connectivity index (χ2n) is 4.98. The topological polar surface area (TPSA) is 9.23 Å². The molecule has 0 aromatic carbocycles. The first-order valence-electron chi connectivity index (χ1n) is 6.01. The van der Waals surface area contributed by atoms with E-state index >= 15 is 0 Å². The van der Waals surface area contributed by atoms with Crippen molar-refractivity contribution in [3.05, 3.63) is 12.2 Å². The van der Waals surface area contributed by atoms with Gasteiger partial charge in [0.05, 0.1) is 13.2 Å². The fourth-order valence-corrected chi connectivity index (χ4v) is 2.59. The number of ether oxygens (including phenoxy) is 1. The van der Waals surface area contributed by atoms with E-state index in [0.717, 1.165) is 25.4 Å². The van der Waals surface area contributed by atoms with Gasteiger partial charge in [0.25, 0.3) is 0 Å². The molecular weight excluding hydrogens is 204 g/mol. The van der Waals surface area contributed by atoms with E-state index in [1.54, 1.807) is 0 Å². The van der Waals surface area contributed by atoms with Crippen molar-refractivity contribution in [3.8, 4) is 0 Å². The molecule has 0 atom stereocenters. The lowest BCUT2D eigenvalue weighted by molar-refractivity contribution is 0.0360. The summed E-state index contributed by atoms with van der Waals surface area (Å²) in [6.45, 7) is 7.65. The summed E-state index contributed by atoms with van der Waals surface area (Å²) in [6, 6.07) is 0. The number of rotatable bonds is 6. The van der Waals surface area contributed by atoms with Crippen LogP contribution >= 0.6 is 12.6 Å². The molecule has 1 fully saturated rings. The van der Waals surface area contributed by atoms with Crippen LogP contribution in [-0.4, -0.2) is 19.0 Å². The quantitative estimate of drug-likeness (QED) is 0.413. The van der Waals surface area contributed by atoms with Crippen LogP contribution < -0.4 is 0 Å². The second-order valence-corrected chi connectivity index (χ2v) is 5.29. The number of thiol groups is 1. The second kappa shape index (κ2) is 6.59. The van der Waals surface area contributed by atoms with E-state index in [-0.39, 0.29) is 0 Å². The first kappa shape index (κ1) is 13.1. The normalized spacial score (nSPS) is 20.1. The fourth-order valence-electron chi connectivity index (χ4n) is 2.18. The van der Waals surface area contributed by atoms with Crippen LogP contribution in [0.2, 0.25) is 0 Å². The van der Waals surface area contributed by atoms with Crippen LogP contribution in [0, 0.1) is 5.41 Å². The zero-order valence-electron chi connectivity index (χ0n) is 9.93. The fraction of sp³-hybridized carbons (Fsp3) is 0.846. The Morgan fingerprint density at radius 2 is 2.00 bits per heavy atom. The first-order chi connectivity index (χ1) is 7.18. The molecule has 88 valence electrons. The van der Waals surface area contributed by atoms with Crippen molar-refractivity contribution >= 4 is 12.6 Å². The van der Waals surface area contributed by atoms with Gasteiger partial charge >= 0.3 is 0 Å². The molecular formula is C13H24OS. The van der Waals surface area contributed by atoms with E-state index in [1.807, 2.05) is 0 Å². The highest BCUT2D eigenvalue weighted by atomic mass is 32.1. The average molecular weight is 228 g/mol. The van der Waals surface area contributed by atoms with Crippen molar-refractivity contribution < 1.29 is 4.74 Å². The number of hydrogen-bond donors (Lipinski definition) is 1. The molecule has 0 spiro atoms. The van der Waals surface area contributed by atoms with Gasteiger partial charge in [0, 0.05) is 5.41 Å². The lowest BCUT2D eigenvalue weighted by Crippen LogP contribution is -2.31. The molecule has 2 heteroatoms. The molecule has 0 bridgehead atoms. The molecule has 1 rings (SSSR count). The average Bonchev–Trinajstić information content (AvgIpc) is 2.26. The molecule has 0 aliphatic heterocycles. The van der Waals surface area contributed by atoms with Crippen LogP contribution in [0.15, 0.2) is 12.2 Å². The molecule has 15 heavy (non-hydrogen) atoms. The van der Waals surface area contributed by atoms with Crippen LogP contribution in [0.1, 0.15) is 45.4 Å². The van der Waals surface area contributed by atoms with Gasteiger partial charge in [0.15, 0.2) is 0 Å². The van der Waals surface area contributed by atoms with Gasteiger partial charge in [-0.25, -0.2) is 0 Å². The van der Waals surface area contributed by atoms with Crippen molar-refractivity contribution in [2.45, 2.75) is 45.4 Å². The van der Waals surface area contributed by atoms with Gasteiger partial charge in [-0.1, -0.05) is 24.8 Å². The maximum Gasteiger partial charge on any atom is 0.0530 e. The molecule has 0 aromatic heterocycles. The highest BCUT2D eigenvalue weighted by Crippen LogP contribution is 2.37. The van der Waals surface area contributed by atoms with Crippen molar-refractivity contribution in [2.24, 2.45) is 5.41 Å². The lowest BCUT2D eigenvalue weighted by atomic mass is 9.76. The minimum Gasteiger partial charge on any atom is -0.381 e. The van der Waals surface area contributed by atoms with Gasteiger partial charge in [-0.15, -0.1) is 6.58 Å². The van der Waals surface area contributed by atoms with Crippen molar-refractivity contribution in [1.82, 2.24) is 0 Å². The minimum atomic E-state index is 0.371. The summed E-state index contributed by atoms with van der Waals surface area (Å²) >= 11 is 4.49. The molecule has 0 unspecified atom stereocenters. The van der Waals surface area contributed by atoms with E-state index < -0.39 is 0 Å². The SMILES string of the molecule is C=C(C)CCOCC1(CS)CCCCC1. The van der Waals surface area contributed by atoms with E-state index in [1.165, 1.54) is 37.7 Å². The highest BCUT2D eigenvalue weighted by molar-refractivity contribution is 7.80.